The third-order valence-electron chi connectivity index (χ3n) is 3.01. The van der Waals surface area contributed by atoms with E-state index >= 15 is 0 Å². The maximum atomic E-state index is 11.0. The number of aromatic nitrogens is 1. The Labute approximate surface area is 103 Å². The molecule has 0 saturated carbocycles. The summed E-state index contributed by atoms with van der Waals surface area (Å²) in [7, 11) is 0. The molecule has 5 heteroatoms. The SMILES string of the molecule is Cc1c(C(=O)O)ccn1-c1ccc2c(c1)OCO2. The van der Waals surface area contributed by atoms with E-state index in [0.29, 0.717) is 22.8 Å². The summed E-state index contributed by atoms with van der Waals surface area (Å²) in [5, 5.41) is 9.02. The first-order valence-electron chi connectivity index (χ1n) is 5.48. The Morgan fingerprint density at radius 3 is 2.78 bits per heavy atom. The molecule has 0 amide bonds. The minimum atomic E-state index is -0.924. The topological polar surface area (TPSA) is 60.7 Å². The van der Waals surface area contributed by atoms with E-state index in [1.165, 1.54) is 0 Å². The molecule has 1 aromatic heterocycles. The Bertz CT molecular complexity index is 630. The fourth-order valence-electron chi connectivity index (χ4n) is 2.05. The van der Waals surface area contributed by atoms with Gasteiger partial charge in [-0.15, -0.1) is 0 Å². The van der Waals surface area contributed by atoms with E-state index < -0.39 is 5.97 Å². The van der Waals surface area contributed by atoms with Gasteiger partial charge in [0.15, 0.2) is 11.5 Å². The molecule has 0 atom stereocenters. The Balaban J connectivity index is 2.07. The van der Waals surface area contributed by atoms with Gasteiger partial charge in [0.05, 0.1) is 5.56 Å². The van der Waals surface area contributed by atoms with Crippen LogP contribution >= 0.6 is 0 Å². The summed E-state index contributed by atoms with van der Waals surface area (Å²) in [4.78, 5) is 11.0. The molecule has 1 aliphatic heterocycles. The molecule has 0 aliphatic carbocycles. The molecular weight excluding hydrogens is 234 g/mol. The fraction of sp³-hybridized carbons (Fsp3) is 0.154. The van der Waals surface area contributed by atoms with Crippen LogP contribution in [-0.4, -0.2) is 22.4 Å². The van der Waals surface area contributed by atoms with Gasteiger partial charge in [0, 0.05) is 23.6 Å². The molecule has 0 spiro atoms. The lowest BCUT2D eigenvalue weighted by atomic mass is 10.2. The first-order chi connectivity index (χ1) is 8.66. The number of carboxylic acids is 1. The van der Waals surface area contributed by atoms with E-state index in [4.69, 9.17) is 14.6 Å². The van der Waals surface area contributed by atoms with Crippen LogP contribution in [0.5, 0.6) is 11.5 Å². The summed E-state index contributed by atoms with van der Waals surface area (Å²) in [5.74, 6) is 0.464. The van der Waals surface area contributed by atoms with E-state index in [-0.39, 0.29) is 6.79 Å². The van der Waals surface area contributed by atoms with Crippen LogP contribution < -0.4 is 9.47 Å². The van der Waals surface area contributed by atoms with Crippen LogP contribution in [0.4, 0.5) is 0 Å². The number of hydrogen-bond donors (Lipinski definition) is 1. The maximum Gasteiger partial charge on any atom is 0.337 e. The third kappa shape index (κ3) is 1.52. The molecule has 0 bridgehead atoms. The van der Waals surface area contributed by atoms with E-state index in [0.717, 1.165) is 5.69 Å². The summed E-state index contributed by atoms with van der Waals surface area (Å²) in [6, 6.07) is 7.10. The van der Waals surface area contributed by atoms with Crippen molar-refractivity contribution in [3.8, 4) is 17.2 Å². The van der Waals surface area contributed by atoms with Gasteiger partial charge in [-0.05, 0) is 25.1 Å². The van der Waals surface area contributed by atoms with Gasteiger partial charge < -0.3 is 19.1 Å². The Morgan fingerprint density at radius 2 is 2.06 bits per heavy atom. The molecule has 0 radical (unpaired) electrons. The number of hydrogen-bond acceptors (Lipinski definition) is 3. The summed E-state index contributed by atoms with van der Waals surface area (Å²) in [6.07, 6.45) is 1.73. The first kappa shape index (κ1) is 10.7. The molecule has 1 N–H and O–H groups in total. The minimum Gasteiger partial charge on any atom is -0.478 e. The monoisotopic (exact) mass is 245 g/mol. The highest BCUT2D eigenvalue weighted by atomic mass is 16.7. The van der Waals surface area contributed by atoms with Crippen molar-refractivity contribution in [2.75, 3.05) is 6.79 Å². The molecule has 1 aliphatic rings. The molecule has 3 rings (SSSR count). The van der Waals surface area contributed by atoms with Gasteiger partial charge >= 0.3 is 5.97 Å². The number of carboxylic acid groups (broad SMARTS) is 1. The Morgan fingerprint density at radius 1 is 1.28 bits per heavy atom. The zero-order valence-corrected chi connectivity index (χ0v) is 9.71. The smallest absolute Gasteiger partial charge is 0.337 e. The molecule has 0 unspecified atom stereocenters. The predicted octanol–water partition coefficient (Wildman–Crippen LogP) is 2.21. The van der Waals surface area contributed by atoms with Crippen molar-refractivity contribution in [2.45, 2.75) is 6.92 Å². The second kappa shape index (κ2) is 3.80. The molecule has 2 heterocycles. The maximum absolute atomic E-state index is 11.0. The average Bonchev–Trinajstić information content (AvgIpc) is 2.93. The van der Waals surface area contributed by atoms with Gasteiger partial charge in [-0.1, -0.05) is 0 Å². The number of benzene rings is 1. The molecule has 5 nitrogen and oxygen atoms in total. The number of rotatable bonds is 2. The Hall–Kier alpha value is -2.43. The lowest BCUT2D eigenvalue weighted by molar-refractivity contribution is 0.0696. The average molecular weight is 245 g/mol. The van der Waals surface area contributed by atoms with Crippen molar-refractivity contribution in [3.63, 3.8) is 0 Å². The number of fused-ring (bicyclic) bond motifs is 1. The zero-order chi connectivity index (χ0) is 12.7. The Kier molecular flexibility index (Phi) is 2.26. The molecule has 1 aromatic carbocycles. The van der Waals surface area contributed by atoms with Crippen LogP contribution in [0.25, 0.3) is 5.69 Å². The van der Waals surface area contributed by atoms with Gasteiger partial charge in [-0.25, -0.2) is 4.79 Å². The van der Waals surface area contributed by atoms with Crippen molar-refractivity contribution < 1.29 is 19.4 Å². The number of carbonyl (C=O) groups is 1. The van der Waals surface area contributed by atoms with E-state index in [1.54, 1.807) is 19.2 Å². The highest BCUT2D eigenvalue weighted by Gasteiger charge is 2.16. The standard InChI is InChI=1S/C13H11NO4/c1-8-10(13(15)16)4-5-14(8)9-2-3-11-12(6-9)18-7-17-11/h2-6H,7H2,1H3,(H,15,16). The van der Waals surface area contributed by atoms with Crippen molar-refractivity contribution >= 4 is 5.97 Å². The molecule has 0 saturated heterocycles. The lowest BCUT2D eigenvalue weighted by Gasteiger charge is -2.07. The molecule has 92 valence electrons. The van der Waals surface area contributed by atoms with Gasteiger partial charge in [0.1, 0.15) is 0 Å². The van der Waals surface area contributed by atoms with Crippen LogP contribution in [0, 0.1) is 6.92 Å². The van der Waals surface area contributed by atoms with Gasteiger partial charge in [0.25, 0.3) is 0 Å². The number of ether oxygens (including phenoxy) is 2. The predicted molar refractivity (Wildman–Crippen MR) is 63.6 cm³/mol. The first-order valence-corrected chi connectivity index (χ1v) is 5.48. The number of aromatic carboxylic acids is 1. The summed E-state index contributed by atoms with van der Waals surface area (Å²) < 4.78 is 12.4. The van der Waals surface area contributed by atoms with Crippen molar-refractivity contribution in [3.05, 3.63) is 41.7 Å². The van der Waals surface area contributed by atoms with Gasteiger partial charge in [0.2, 0.25) is 6.79 Å². The van der Waals surface area contributed by atoms with Crippen LogP contribution in [0.3, 0.4) is 0 Å². The highest BCUT2D eigenvalue weighted by Crippen LogP contribution is 2.34. The molecule has 2 aromatic rings. The van der Waals surface area contributed by atoms with E-state index in [1.807, 2.05) is 22.8 Å². The van der Waals surface area contributed by atoms with Crippen molar-refractivity contribution in [1.82, 2.24) is 4.57 Å². The minimum absolute atomic E-state index is 0.226. The van der Waals surface area contributed by atoms with Crippen molar-refractivity contribution in [2.24, 2.45) is 0 Å². The van der Waals surface area contributed by atoms with Gasteiger partial charge in [-0.3, -0.25) is 0 Å². The molecule has 0 fully saturated rings. The van der Waals surface area contributed by atoms with Crippen molar-refractivity contribution in [1.29, 1.82) is 0 Å². The van der Waals surface area contributed by atoms with Crippen LogP contribution in [0.15, 0.2) is 30.5 Å². The van der Waals surface area contributed by atoms with Crippen LogP contribution in [-0.2, 0) is 0 Å². The number of nitrogens with zero attached hydrogens (tertiary/aromatic N) is 1. The molecular formula is C13H11NO4. The summed E-state index contributed by atoms with van der Waals surface area (Å²) in [6.45, 7) is 2.00. The third-order valence-corrected chi connectivity index (χ3v) is 3.01. The van der Waals surface area contributed by atoms with E-state index in [2.05, 4.69) is 0 Å². The van der Waals surface area contributed by atoms with E-state index in [9.17, 15) is 4.79 Å². The molecule has 18 heavy (non-hydrogen) atoms. The second-order valence-electron chi connectivity index (χ2n) is 4.03. The largest absolute Gasteiger partial charge is 0.478 e. The normalized spacial score (nSPS) is 12.7. The second-order valence-corrected chi connectivity index (χ2v) is 4.03. The summed E-state index contributed by atoms with van der Waals surface area (Å²) >= 11 is 0. The highest BCUT2D eigenvalue weighted by molar-refractivity contribution is 5.89. The van der Waals surface area contributed by atoms with Crippen LogP contribution in [0.1, 0.15) is 16.1 Å². The summed E-state index contributed by atoms with van der Waals surface area (Å²) in [5.41, 5.74) is 1.83. The zero-order valence-electron chi connectivity index (χ0n) is 9.71. The van der Waals surface area contributed by atoms with Gasteiger partial charge in [-0.2, -0.15) is 0 Å². The van der Waals surface area contributed by atoms with Crippen LogP contribution in [0.2, 0.25) is 0 Å². The quantitative estimate of drug-likeness (QED) is 0.881. The fourth-order valence-corrected chi connectivity index (χ4v) is 2.05. The lowest BCUT2D eigenvalue weighted by Crippen LogP contribution is -2.01.